The van der Waals surface area contributed by atoms with Crippen LogP contribution < -0.4 is 14.5 Å². The molecule has 1 aromatic heterocycles. The van der Waals surface area contributed by atoms with Crippen LogP contribution in [-0.4, -0.2) is 48.2 Å². The molecule has 0 fully saturated rings. The molecule has 1 heterocycles. The van der Waals surface area contributed by atoms with Crippen molar-refractivity contribution in [2.24, 2.45) is 0 Å². The molecule has 36 heavy (non-hydrogen) atoms. The van der Waals surface area contributed by atoms with Gasteiger partial charge in [0.05, 0.1) is 24.6 Å². The Kier molecular flexibility index (Phi) is 6.87. The van der Waals surface area contributed by atoms with E-state index in [2.05, 4.69) is 4.98 Å². The van der Waals surface area contributed by atoms with Crippen molar-refractivity contribution in [3.63, 3.8) is 0 Å². The Labute approximate surface area is 208 Å². The van der Waals surface area contributed by atoms with Crippen molar-refractivity contribution in [3.05, 3.63) is 102 Å². The van der Waals surface area contributed by atoms with Gasteiger partial charge in [-0.15, -0.1) is 0 Å². The van der Waals surface area contributed by atoms with Gasteiger partial charge in [0.25, 0.3) is 0 Å². The SMILES string of the molecule is COc1cccc(N(C)c2cc(C(=O)O)cc(C(=O)c3ccc(N(C)c4ccc(O)cc4)cn3)c2)c1. The van der Waals surface area contributed by atoms with Gasteiger partial charge in [0.15, 0.2) is 0 Å². The van der Waals surface area contributed by atoms with Crippen molar-refractivity contribution < 1.29 is 24.5 Å². The minimum Gasteiger partial charge on any atom is -0.508 e. The number of nitrogens with zero attached hydrogens (tertiary/aromatic N) is 3. The van der Waals surface area contributed by atoms with E-state index < -0.39 is 11.8 Å². The fourth-order valence-corrected chi connectivity index (χ4v) is 3.72. The van der Waals surface area contributed by atoms with Gasteiger partial charge in [-0.1, -0.05) is 6.07 Å². The number of phenols is 1. The second-order valence-corrected chi connectivity index (χ2v) is 8.14. The first-order valence-electron chi connectivity index (χ1n) is 11.1. The third-order valence-electron chi connectivity index (χ3n) is 5.86. The normalized spacial score (nSPS) is 10.5. The van der Waals surface area contributed by atoms with Gasteiger partial charge in [-0.2, -0.15) is 0 Å². The molecule has 0 amide bonds. The van der Waals surface area contributed by atoms with Crippen LogP contribution in [0.25, 0.3) is 0 Å². The summed E-state index contributed by atoms with van der Waals surface area (Å²) in [6, 6.07) is 21.9. The van der Waals surface area contributed by atoms with E-state index in [-0.39, 0.29) is 22.6 Å². The zero-order valence-electron chi connectivity index (χ0n) is 20.0. The molecule has 0 bridgehead atoms. The number of ketones is 1. The summed E-state index contributed by atoms with van der Waals surface area (Å²) in [5.74, 6) is -0.696. The largest absolute Gasteiger partial charge is 0.508 e. The van der Waals surface area contributed by atoms with Crippen LogP contribution in [0.5, 0.6) is 11.5 Å². The maximum atomic E-state index is 13.3. The number of carboxylic acid groups (broad SMARTS) is 1. The van der Waals surface area contributed by atoms with E-state index in [1.54, 1.807) is 67.7 Å². The third-order valence-corrected chi connectivity index (χ3v) is 5.86. The molecule has 0 spiro atoms. The number of aromatic hydroxyl groups is 1. The topological polar surface area (TPSA) is 103 Å². The summed E-state index contributed by atoms with van der Waals surface area (Å²) in [5, 5.41) is 19.2. The van der Waals surface area contributed by atoms with Crippen LogP contribution in [-0.2, 0) is 0 Å². The van der Waals surface area contributed by atoms with E-state index >= 15 is 0 Å². The highest BCUT2D eigenvalue weighted by Crippen LogP contribution is 2.30. The Hall–Kier alpha value is -4.85. The molecule has 182 valence electrons. The molecule has 0 aliphatic heterocycles. The van der Waals surface area contributed by atoms with Crippen LogP contribution in [0.2, 0.25) is 0 Å². The molecule has 0 unspecified atom stereocenters. The predicted octanol–water partition coefficient (Wildman–Crippen LogP) is 5.26. The van der Waals surface area contributed by atoms with Gasteiger partial charge in [-0.05, 0) is 66.7 Å². The number of ether oxygens (including phenoxy) is 1. The van der Waals surface area contributed by atoms with Crippen molar-refractivity contribution in [1.82, 2.24) is 4.98 Å². The fraction of sp³-hybridized carbons (Fsp3) is 0.107. The summed E-state index contributed by atoms with van der Waals surface area (Å²) in [6.07, 6.45) is 1.57. The standard InChI is InChI=1S/C28H25N3O5/c1-30(20-7-10-24(32)11-8-20)22-9-12-26(29-17-22)27(33)18-13-19(28(34)35)15-23(14-18)31(2)21-5-4-6-25(16-21)36-3/h4-17,32H,1-3H3,(H,34,35). The van der Waals surface area contributed by atoms with Crippen LogP contribution in [0.15, 0.2) is 85.1 Å². The Bertz CT molecular complexity index is 1400. The van der Waals surface area contributed by atoms with E-state index in [1.807, 2.05) is 36.2 Å². The Morgan fingerprint density at radius 1 is 0.778 bits per heavy atom. The van der Waals surface area contributed by atoms with E-state index in [9.17, 15) is 19.8 Å². The van der Waals surface area contributed by atoms with Crippen LogP contribution in [0, 0.1) is 0 Å². The first-order valence-corrected chi connectivity index (χ1v) is 11.1. The predicted molar refractivity (Wildman–Crippen MR) is 138 cm³/mol. The average molecular weight is 484 g/mol. The van der Waals surface area contributed by atoms with E-state index in [0.29, 0.717) is 11.4 Å². The van der Waals surface area contributed by atoms with E-state index in [1.165, 1.54) is 12.1 Å². The number of carbonyl (C=O) groups excluding carboxylic acids is 1. The first-order chi connectivity index (χ1) is 17.3. The maximum Gasteiger partial charge on any atom is 0.335 e. The first kappa shape index (κ1) is 24.3. The lowest BCUT2D eigenvalue weighted by atomic mass is 10.0. The number of aromatic nitrogens is 1. The van der Waals surface area contributed by atoms with Gasteiger partial charge in [0, 0.05) is 42.8 Å². The number of hydrogen-bond donors (Lipinski definition) is 2. The van der Waals surface area contributed by atoms with Gasteiger partial charge >= 0.3 is 5.97 Å². The molecule has 0 aliphatic rings. The summed E-state index contributed by atoms with van der Waals surface area (Å²) in [7, 11) is 5.21. The molecular weight excluding hydrogens is 458 g/mol. The number of carbonyl (C=O) groups is 2. The summed E-state index contributed by atoms with van der Waals surface area (Å²) in [4.78, 5) is 33.1. The number of anilines is 4. The summed E-state index contributed by atoms with van der Waals surface area (Å²) in [6.45, 7) is 0. The highest BCUT2D eigenvalue weighted by Gasteiger charge is 2.18. The molecule has 8 nitrogen and oxygen atoms in total. The minimum atomic E-state index is -1.14. The lowest BCUT2D eigenvalue weighted by Crippen LogP contribution is -2.14. The molecule has 0 saturated heterocycles. The van der Waals surface area contributed by atoms with Crippen molar-refractivity contribution >= 4 is 34.5 Å². The zero-order valence-corrected chi connectivity index (χ0v) is 20.0. The summed E-state index contributed by atoms with van der Waals surface area (Å²) in [5.41, 5.74) is 3.30. The van der Waals surface area contributed by atoms with Crippen molar-refractivity contribution in [3.8, 4) is 11.5 Å². The van der Waals surface area contributed by atoms with Crippen molar-refractivity contribution in [2.45, 2.75) is 0 Å². The van der Waals surface area contributed by atoms with Crippen molar-refractivity contribution in [2.75, 3.05) is 31.0 Å². The second kappa shape index (κ2) is 10.2. The number of benzene rings is 3. The lowest BCUT2D eigenvalue weighted by molar-refractivity contribution is 0.0697. The van der Waals surface area contributed by atoms with Crippen LogP contribution in [0.1, 0.15) is 26.4 Å². The van der Waals surface area contributed by atoms with Gasteiger partial charge in [0.1, 0.15) is 17.2 Å². The Balaban J connectivity index is 1.64. The molecular formula is C28H25N3O5. The third kappa shape index (κ3) is 5.12. The summed E-state index contributed by atoms with van der Waals surface area (Å²) >= 11 is 0. The summed E-state index contributed by atoms with van der Waals surface area (Å²) < 4.78 is 5.28. The maximum absolute atomic E-state index is 13.3. The molecule has 4 rings (SSSR count). The van der Waals surface area contributed by atoms with Crippen LogP contribution in [0.4, 0.5) is 22.7 Å². The monoisotopic (exact) mass is 483 g/mol. The number of hydrogen-bond acceptors (Lipinski definition) is 7. The van der Waals surface area contributed by atoms with Gasteiger partial charge in [0.2, 0.25) is 5.78 Å². The highest BCUT2D eigenvalue weighted by molar-refractivity contribution is 6.09. The quantitative estimate of drug-likeness (QED) is 0.327. The van der Waals surface area contributed by atoms with Crippen LogP contribution >= 0.6 is 0 Å². The number of rotatable bonds is 8. The van der Waals surface area contributed by atoms with Crippen molar-refractivity contribution in [1.29, 1.82) is 0 Å². The Morgan fingerprint density at radius 2 is 1.44 bits per heavy atom. The van der Waals surface area contributed by atoms with Gasteiger partial charge in [-0.25, -0.2) is 4.79 Å². The molecule has 0 radical (unpaired) electrons. The number of phenolic OH excluding ortho intramolecular Hbond substituents is 1. The van der Waals surface area contributed by atoms with E-state index in [0.717, 1.165) is 17.1 Å². The minimum absolute atomic E-state index is 0.00530. The molecule has 8 heteroatoms. The highest BCUT2D eigenvalue weighted by atomic mass is 16.5. The number of carboxylic acids is 1. The molecule has 0 aliphatic carbocycles. The average Bonchev–Trinajstić information content (AvgIpc) is 2.92. The number of aromatic carboxylic acids is 1. The zero-order chi connectivity index (χ0) is 25.8. The fourth-order valence-electron chi connectivity index (χ4n) is 3.72. The van der Waals surface area contributed by atoms with Crippen LogP contribution in [0.3, 0.4) is 0 Å². The number of pyridine rings is 1. The molecule has 0 atom stereocenters. The molecule has 0 saturated carbocycles. The van der Waals surface area contributed by atoms with E-state index in [4.69, 9.17) is 4.74 Å². The Morgan fingerprint density at radius 3 is 2.08 bits per heavy atom. The number of methoxy groups -OCH3 is 1. The lowest BCUT2D eigenvalue weighted by Gasteiger charge is -2.21. The van der Waals surface area contributed by atoms with Gasteiger partial charge in [-0.3, -0.25) is 9.78 Å². The smallest absolute Gasteiger partial charge is 0.335 e. The molecule has 4 aromatic rings. The molecule has 3 aromatic carbocycles. The second-order valence-electron chi connectivity index (χ2n) is 8.14. The van der Waals surface area contributed by atoms with Gasteiger partial charge < -0.3 is 24.7 Å². The molecule has 2 N–H and O–H groups in total.